The number of Topliss-reactive ketones (excluding diaryl/α,β-unsaturated/α-hetero) is 1. The molecule has 0 spiro atoms. The van der Waals surface area contributed by atoms with E-state index in [1.807, 2.05) is 13.0 Å². The Morgan fingerprint density at radius 1 is 1.16 bits per heavy atom. The van der Waals surface area contributed by atoms with Crippen LogP contribution in [0.25, 0.3) is 0 Å². The largest absolute Gasteiger partial charge is 0.462 e. The molecule has 5 rings (SSSR count). The van der Waals surface area contributed by atoms with E-state index in [0.29, 0.717) is 24.2 Å². The molecule has 2 bridgehead atoms. The van der Waals surface area contributed by atoms with Crippen LogP contribution in [0.4, 0.5) is 0 Å². The molecule has 1 aromatic heterocycles. The summed E-state index contributed by atoms with van der Waals surface area (Å²) in [6, 6.07) is 10.5. The van der Waals surface area contributed by atoms with Gasteiger partial charge in [-0.15, -0.1) is 0 Å². The van der Waals surface area contributed by atoms with Crippen LogP contribution in [0.1, 0.15) is 60.7 Å². The molecular weight excluding hydrogens is 408 g/mol. The van der Waals surface area contributed by atoms with E-state index >= 15 is 0 Å². The second-order valence-electron chi connectivity index (χ2n) is 9.11. The highest BCUT2D eigenvalue weighted by atomic mass is 16.6. The molecule has 6 heteroatoms. The minimum Gasteiger partial charge on any atom is -0.462 e. The second-order valence-corrected chi connectivity index (χ2v) is 9.11. The number of carbonyl (C=O) groups is 3. The monoisotopic (exact) mass is 432 g/mol. The topological polar surface area (TPSA) is 82.8 Å². The lowest BCUT2D eigenvalue weighted by atomic mass is 9.54. The van der Waals surface area contributed by atoms with Crippen LogP contribution in [0.3, 0.4) is 0 Å². The van der Waals surface area contributed by atoms with Crippen molar-refractivity contribution in [1.29, 1.82) is 0 Å². The van der Waals surface area contributed by atoms with Gasteiger partial charge in [0.05, 0.1) is 17.2 Å². The van der Waals surface area contributed by atoms with E-state index < -0.39 is 29.3 Å². The third-order valence-corrected chi connectivity index (χ3v) is 7.25. The first kappa shape index (κ1) is 20.6. The van der Waals surface area contributed by atoms with Crippen LogP contribution in [0.5, 0.6) is 0 Å². The number of benzene rings is 1. The minimum atomic E-state index is -0.885. The summed E-state index contributed by atoms with van der Waals surface area (Å²) in [5.41, 5.74) is 0.270. The Labute approximate surface area is 186 Å². The number of hydrogen-bond acceptors (Lipinski definition) is 6. The van der Waals surface area contributed by atoms with Crippen molar-refractivity contribution in [2.75, 3.05) is 0 Å². The summed E-state index contributed by atoms with van der Waals surface area (Å²) in [5.74, 6) is 4.20. The summed E-state index contributed by atoms with van der Waals surface area (Å²) in [5, 5.41) is 0. The standard InChI is InChI=1S/C26H24O6/c1-3-7-21-17(10-11-30-21)18-13-20(27)19-12-16-14-26(2,25(29)31-16)22(19)23(18)32-24(28)15-8-5-4-6-9-15/h4-6,8-11,16,18-19,22-23H,12-14H2,1-2H3/t16-,18+,19+,22-,23+,26-/m1/s1. The molecular formula is C26H24O6. The number of rotatable bonds is 3. The van der Waals surface area contributed by atoms with Crippen LogP contribution in [0.2, 0.25) is 0 Å². The minimum absolute atomic E-state index is 0.0674. The fourth-order valence-corrected chi connectivity index (χ4v) is 5.85. The maximum absolute atomic E-state index is 13.3. The number of esters is 2. The molecule has 0 radical (unpaired) electrons. The number of ketones is 1. The summed E-state index contributed by atoms with van der Waals surface area (Å²) in [4.78, 5) is 39.3. The Balaban J connectivity index is 1.60. The maximum atomic E-state index is 13.3. The van der Waals surface area contributed by atoms with Crippen molar-refractivity contribution in [2.24, 2.45) is 17.3 Å². The molecule has 2 saturated carbocycles. The average molecular weight is 432 g/mol. The molecule has 2 aromatic rings. The van der Waals surface area contributed by atoms with E-state index in [0.717, 1.165) is 5.56 Å². The van der Waals surface area contributed by atoms with E-state index in [-0.39, 0.29) is 30.2 Å². The van der Waals surface area contributed by atoms with Gasteiger partial charge in [-0.3, -0.25) is 9.59 Å². The highest BCUT2D eigenvalue weighted by Gasteiger charge is 2.65. The summed E-state index contributed by atoms with van der Waals surface area (Å²) < 4.78 is 17.3. The number of hydrogen-bond donors (Lipinski definition) is 0. The van der Waals surface area contributed by atoms with Crippen molar-refractivity contribution in [3.05, 3.63) is 59.5 Å². The average Bonchev–Trinajstić information content (AvgIpc) is 3.32. The van der Waals surface area contributed by atoms with Crippen LogP contribution in [-0.2, 0) is 19.1 Å². The third-order valence-electron chi connectivity index (χ3n) is 7.25. The maximum Gasteiger partial charge on any atom is 0.338 e. The van der Waals surface area contributed by atoms with Crippen molar-refractivity contribution < 1.29 is 28.3 Å². The zero-order valence-electron chi connectivity index (χ0n) is 18.0. The Hall–Kier alpha value is -3.33. The van der Waals surface area contributed by atoms with E-state index in [2.05, 4.69) is 11.8 Å². The van der Waals surface area contributed by atoms with Crippen LogP contribution >= 0.6 is 0 Å². The zero-order chi connectivity index (χ0) is 22.5. The van der Waals surface area contributed by atoms with Gasteiger partial charge in [-0.2, -0.15) is 0 Å². The summed E-state index contributed by atoms with van der Waals surface area (Å²) in [6.45, 7) is 3.55. The van der Waals surface area contributed by atoms with Crippen molar-refractivity contribution >= 4 is 17.7 Å². The molecule has 6 atom stereocenters. The molecule has 6 nitrogen and oxygen atoms in total. The van der Waals surface area contributed by atoms with E-state index in [1.54, 1.807) is 37.3 Å². The summed E-state index contributed by atoms with van der Waals surface area (Å²) >= 11 is 0. The molecule has 0 amide bonds. The van der Waals surface area contributed by atoms with Gasteiger partial charge in [0.2, 0.25) is 0 Å². The summed E-state index contributed by atoms with van der Waals surface area (Å²) in [7, 11) is 0. The van der Waals surface area contributed by atoms with Gasteiger partial charge >= 0.3 is 11.9 Å². The van der Waals surface area contributed by atoms with Gasteiger partial charge in [0, 0.05) is 36.2 Å². The van der Waals surface area contributed by atoms with Gasteiger partial charge in [-0.1, -0.05) is 24.1 Å². The fraction of sp³-hybridized carbons (Fsp3) is 0.423. The molecule has 2 heterocycles. The molecule has 3 fully saturated rings. The summed E-state index contributed by atoms with van der Waals surface area (Å²) in [6.07, 6.45) is 1.79. The molecule has 0 unspecified atom stereocenters. The van der Waals surface area contributed by atoms with E-state index in [1.165, 1.54) is 6.26 Å². The number of ether oxygens (including phenoxy) is 2. The Morgan fingerprint density at radius 3 is 2.69 bits per heavy atom. The van der Waals surface area contributed by atoms with Crippen molar-refractivity contribution in [1.82, 2.24) is 0 Å². The van der Waals surface area contributed by atoms with Crippen LogP contribution in [-0.4, -0.2) is 29.9 Å². The fourth-order valence-electron chi connectivity index (χ4n) is 5.85. The lowest BCUT2D eigenvalue weighted by Gasteiger charge is -2.48. The predicted octanol–water partition coefficient (Wildman–Crippen LogP) is 3.89. The Kier molecular flexibility index (Phi) is 4.93. The van der Waals surface area contributed by atoms with E-state index in [9.17, 15) is 14.4 Å². The van der Waals surface area contributed by atoms with Gasteiger partial charge in [0.25, 0.3) is 0 Å². The van der Waals surface area contributed by atoms with Gasteiger partial charge in [0.15, 0.2) is 5.76 Å². The molecule has 32 heavy (non-hydrogen) atoms. The van der Waals surface area contributed by atoms with Crippen molar-refractivity contribution in [2.45, 2.75) is 51.2 Å². The molecule has 164 valence electrons. The second kappa shape index (κ2) is 7.67. The zero-order valence-corrected chi connectivity index (χ0v) is 18.0. The quantitative estimate of drug-likeness (QED) is 0.541. The highest BCUT2D eigenvalue weighted by molar-refractivity contribution is 5.91. The predicted molar refractivity (Wildman–Crippen MR) is 113 cm³/mol. The van der Waals surface area contributed by atoms with Gasteiger partial charge in [0.1, 0.15) is 18.0 Å². The normalized spacial score (nSPS) is 33.0. The van der Waals surface area contributed by atoms with Crippen LogP contribution in [0, 0.1) is 29.1 Å². The lowest BCUT2D eigenvalue weighted by molar-refractivity contribution is -0.154. The Morgan fingerprint density at radius 2 is 1.94 bits per heavy atom. The third kappa shape index (κ3) is 3.15. The molecule has 3 aliphatic rings. The van der Waals surface area contributed by atoms with Crippen LogP contribution in [0.15, 0.2) is 47.1 Å². The smallest absolute Gasteiger partial charge is 0.338 e. The van der Waals surface area contributed by atoms with Gasteiger partial charge in [-0.05, 0) is 44.4 Å². The van der Waals surface area contributed by atoms with Gasteiger partial charge < -0.3 is 13.9 Å². The van der Waals surface area contributed by atoms with Gasteiger partial charge in [-0.25, -0.2) is 4.79 Å². The first-order valence-electron chi connectivity index (χ1n) is 10.9. The SMILES string of the molecule is CC#Cc1occc1[C@@H]1CC(=O)[C@@H]2C[C@@H]3C[C@@](C)(C(=O)O3)[C@H]2[C@H]1OC(=O)c1ccccc1. The Bertz CT molecular complexity index is 1140. The molecule has 2 aliphatic carbocycles. The molecule has 1 aliphatic heterocycles. The molecule has 1 saturated heterocycles. The van der Waals surface area contributed by atoms with Crippen LogP contribution < -0.4 is 0 Å². The molecule has 0 N–H and O–H groups in total. The first-order chi connectivity index (χ1) is 15.4. The van der Waals surface area contributed by atoms with Crippen molar-refractivity contribution in [3.63, 3.8) is 0 Å². The lowest BCUT2D eigenvalue weighted by Crippen LogP contribution is -2.55. The first-order valence-corrected chi connectivity index (χ1v) is 10.9. The molecule has 1 aromatic carbocycles. The number of furan rings is 1. The highest BCUT2D eigenvalue weighted by Crippen LogP contribution is 2.58. The number of fused-ring (bicyclic) bond motifs is 4. The van der Waals surface area contributed by atoms with E-state index in [4.69, 9.17) is 13.9 Å². The van der Waals surface area contributed by atoms with Crippen molar-refractivity contribution in [3.8, 4) is 11.8 Å². The number of carbonyl (C=O) groups excluding carboxylic acids is 3.